The molecule has 2 nitrogen and oxygen atoms in total. The van der Waals surface area contributed by atoms with Crippen molar-refractivity contribution in [2.45, 2.75) is 32.4 Å². The number of para-hydroxylation sites is 1. The van der Waals surface area contributed by atoms with E-state index in [-0.39, 0.29) is 11.7 Å². The Morgan fingerprint density at radius 2 is 1.78 bits per heavy atom. The maximum atomic E-state index is 13.5. The van der Waals surface area contributed by atoms with Crippen LogP contribution < -0.4 is 5.32 Å². The molecule has 0 atom stereocenters. The van der Waals surface area contributed by atoms with E-state index in [4.69, 9.17) is 0 Å². The number of amides is 1. The van der Waals surface area contributed by atoms with E-state index in [1.54, 1.807) is 23.9 Å². The standard InChI is InChI=1S/C19H22FNOS/c1-14-7-5-8-15(2)19(14)21-18(22)11-6-12-23-13-16-9-3-4-10-17(16)20/h3-5,7-10H,6,11-13H2,1-2H3,(H,21,22). The Labute approximate surface area is 141 Å². The minimum atomic E-state index is -0.159. The molecule has 0 unspecified atom stereocenters. The van der Waals surface area contributed by atoms with Gasteiger partial charge in [0, 0.05) is 17.9 Å². The van der Waals surface area contributed by atoms with Gasteiger partial charge in [0.05, 0.1) is 0 Å². The van der Waals surface area contributed by atoms with E-state index in [1.165, 1.54) is 6.07 Å². The van der Waals surface area contributed by atoms with E-state index in [0.717, 1.165) is 34.6 Å². The molecule has 122 valence electrons. The number of hydrogen-bond donors (Lipinski definition) is 1. The molecule has 0 aliphatic rings. The molecule has 1 amide bonds. The summed E-state index contributed by atoms with van der Waals surface area (Å²) in [5.74, 6) is 1.36. The van der Waals surface area contributed by atoms with Crippen LogP contribution in [-0.2, 0) is 10.5 Å². The fraction of sp³-hybridized carbons (Fsp3) is 0.316. The first-order valence-corrected chi connectivity index (χ1v) is 8.90. The van der Waals surface area contributed by atoms with Crippen molar-refractivity contribution in [1.29, 1.82) is 0 Å². The van der Waals surface area contributed by atoms with Crippen molar-refractivity contribution in [3.63, 3.8) is 0 Å². The molecule has 0 spiro atoms. The molecule has 0 bridgehead atoms. The fourth-order valence-corrected chi connectivity index (χ4v) is 3.29. The maximum Gasteiger partial charge on any atom is 0.224 e. The number of carbonyl (C=O) groups excluding carboxylic acids is 1. The normalized spacial score (nSPS) is 10.6. The van der Waals surface area contributed by atoms with Gasteiger partial charge in [-0.2, -0.15) is 11.8 Å². The number of hydrogen-bond acceptors (Lipinski definition) is 2. The summed E-state index contributed by atoms with van der Waals surface area (Å²) >= 11 is 1.66. The number of benzene rings is 2. The highest BCUT2D eigenvalue weighted by Gasteiger charge is 2.07. The summed E-state index contributed by atoms with van der Waals surface area (Å²) in [5, 5.41) is 2.99. The van der Waals surface area contributed by atoms with Crippen molar-refractivity contribution < 1.29 is 9.18 Å². The average Bonchev–Trinajstić information content (AvgIpc) is 2.52. The summed E-state index contributed by atoms with van der Waals surface area (Å²) in [6.45, 7) is 3.99. The first-order chi connectivity index (χ1) is 11.1. The van der Waals surface area contributed by atoms with Crippen molar-refractivity contribution in [2.24, 2.45) is 0 Å². The van der Waals surface area contributed by atoms with Gasteiger partial charge in [-0.05, 0) is 48.8 Å². The summed E-state index contributed by atoms with van der Waals surface area (Å²) in [6, 6.07) is 12.8. The summed E-state index contributed by atoms with van der Waals surface area (Å²) in [7, 11) is 0. The molecule has 0 aromatic heterocycles. The second kappa shape index (κ2) is 8.73. The van der Waals surface area contributed by atoms with E-state index >= 15 is 0 Å². The summed E-state index contributed by atoms with van der Waals surface area (Å²) in [5.41, 5.74) is 3.79. The number of carbonyl (C=O) groups is 1. The molecule has 4 heteroatoms. The molecule has 0 aliphatic heterocycles. The SMILES string of the molecule is Cc1cccc(C)c1NC(=O)CCCSCc1ccccc1F. The molecule has 0 radical (unpaired) electrons. The van der Waals surface area contributed by atoms with E-state index in [9.17, 15) is 9.18 Å². The average molecular weight is 331 g/mol. The molecule has 0 aliphatic carbocycles. The van der Waals surface area contributed by atoms with E-state index in [1.807, 2.05) is 38.1 Å². The molecule has 0 saturated carbocycles. The highest BCUT2D eigenvalue weighted by molar-refractivity contribution is 7.98. The molecular formula is C19H22FNOS. The number of thioether (sulfide) groups is 1. The van der Waals surface area contributed by atoms with Crippen molar-refractivity contribution in [3.8, 4) is 0 Å². The van der Waals surface area contributed by atoms with Gasteiger partial charge in [-0.3, -0.25) is 4.79 Å². The van der Waals surface area contributed by atoms with Gasteiger partial charge in [-0.25, -0.2) is 4.39 Å². The second-order valence-corrected chi connectivity index (χ2v) is 6.67. The monoisotopic (exact) mass is 331 g/mol. The van der Waals surface area contributed by atoms with Crippen LogP contribution in [0.1, 0.15) is 29.5 Å². The third-order valence-corrected chi connectivity index (χ3v) is 4.75. The highest BCUT2D eigenvalue weighted by atomic mass is 32.2. The first-order valence-electron chi connectivity index (χ1n) is 7.75. The van der Waals surface area contributed by atoms with Crippen LogP contribution >= 0.6 is 11.8 Å². The highest BCUT2D eigenvalue weighted by Crippen LogP contribution is 2.20. The van der Waals surface area contributed by atoms with Crippen LogP contribution in [0, 0.1) is 19.7 Å². The quantitative estimate of drug-likeness (QED) is 0.716. The number of nitrogens with one attached hydrogen (secondary N) is 1. The Balaban J connectivity index is 1.70. The Bertz CT molecular complexity index is 652. The molecule has 0 saturated heterocycles. The maximum absolute atomic E-state index is 13.5. The van der Waals surface area contributed by atoms with Crippen LogP contribution in [0.25, 0.3) is 0 Å². The van der Waals surface area contributed by atoms with E-state index in [0.29, 0.717) is 12.2 Å². The third-order valence-electron chi connectivity index (χ3n) is 3.65. The van der Waals surface area contributed by atoms with Crippen LogP contribution in [0.15, 0.2) is 42.5 Å². The van der Waals surface area contributed by atoms with E-state index < -0.39 is 0 Å². The van der Waals surface area contributed by atoms with Gasteiger partial charge in [0.1, 0.15) is 5.82 Å². The zero-order valence-corrected chi connectivity index (χ0v) is 14.4. The van der Waals surface area contributed by atoms with Crippen LogP contribution in [0.3, 0.4) is 0 Å². The van der Waals surface area contributed by atoms with E-state index in [2.05, 4.69) is 5.32 Å². The van der Waals surface area contributed by atoms with Gasteiger partial charge in [-0.15, -0.1) is 0 Å². The van der Waals surface area contributed by atoms with Crippen LogP contribution in [-0.4, -0.2) is 11.7 Å². The number of aryl methyl sites for hydroxylation is 2. The minimum Gasteiger partial charge on any atom is -0.326 e. The van der Waals surface area contributed by atoms with Gasteiger partial charge in [-0.1, -0.05) is 36.4 Å². The lowest BCUT2D eigenvalue weighted by molar-refractivity contribution is -0.116. The Kier molecular flexibility index (Phi) is 6.66. The predicted octanol–water partition coefficient (Wildman–Crippen LogP) is 5.09. The Morgan fingerprint density at radius 3 is 2.48 bits per heavy atom. The second-order valence-electron chi connectivity index (χ2n) is 5.56. The molecule has 2 aromatic rings. The first kappa shape index (κ1) is 17.5. The van der Waals surface area contributed by atoms with Gasteiger partial charge in [0.25, 0.3) is 0 Å². The summed E-state index contributed by atoms with van der Waals surface area (Å²) < 4.78 is 13.5. The molecule has 0 heterocycles. The largest absolute Gasteiger partial charge is 0.326 e. The topological polar surface area (TPSA) is 29.1 Å². The van der Waals surface area contributed by atoms with Crippen LogP contribution in [0.4, 0.5) is 10.1 Å². The van der Waals surface area contributed by atoms with Gasteiger partial charge in [0.15, 0.2) is 0 Å². The fourth-order valence-electron chi connectivity index (χ4n) is 2.35. The zero-order chi connectivity index (χ0) is 16.7. The lowest BCUT2D eigenvalue weighted by Crippen LogP contribution is -2.13. The van der Waals surface area contributed by atoms with Crippen molar-refractivity contribution >= 4 is 23.4 Å². The summed E-state index contributed by atoms with van der Waals surface area (Å²) in [6.07, 6.45) is 1.27. The van der Waals surface area contributed by atoms with Crippen LogP contribution in [0.2, 0.25) is 0 Å². The number of halogens is 1. The Morgan fingerprint density at radius 1 is 1.09 bits per heavy atom. The summed E-state index contributed by atoms with van der Waals surface area (Å²) in [4.78, 5) is 12.0. The third kappa shape index (κ3) is 5.39. The molecular weight excluding hydrogens is 309 g/mol. The van der Waals surface area contributed by atoms with Crippen LogP contribution in [0.5, 0.6) is 0 Å². The van der Waals surface area contributed by atoms with Gasteiger partial charge >= 0.3 is 0 Å². The van der Waals surface area contributed by atoms with Crippen molar-refractivity contribution in [2.75, 3.05) is 11.1 Å². The molecule has 23 heavy (non-hydrogen) atoms. The van der Waals surface area contributed by atoms with Gasteiger partial charge < -0.3 is 5.32 Å². The predicted molar refractivity (Wildman–Crippen MR) is 96.3 cm³/mol. The Hall–Kier alpha value is -1.81. The lowest BCUT2D eigenvalue weighted by atomic mass is 10.1. The minimum absolute atomic E-state index is 0.0360. The van der Waals surface area contributed by atoms with Gasteiger partial charge in [0.2, 0.25) is 5.91 Å². The molecule has 2 rings (SSSR count). The van der Waals surface area contributed by atoms with Crippen molar-refractivity contribution in [3.05, 3.63) is 65.0 Å². The number of rotatable bonds is 7. The number of anilines is 1. The lowest BCUT2D eigenvalue weighted by Gasteiger charge is -2.11. The van der Waals surface area contributed by atoms with Crippen molar-refractivity contribution in [1.82, 2.24) is 0 Å². The molecule has 1 N–H and O–H groups in total. The zero-order valence-electron chi connectivity index (χ0n) is 13.6. The smallest absolute Gasteiger partial charge is 0.224 e. The molecule has 0 fully saturated rings. The molecule has 2 aromatic carbocycles.